The van der Waals surface area contributed by atoms with E-state index in [1.165, 1.54) is 12.1 Å². The summed E-state index contributed by atoms with van der Waals surface area (Å²) in [6, 6.07) is 11.5. The monoisotopic (exact) mass is 383 g/mol. The third-order valence-electron chi connectivity index (χ3n) is 4.33. The lowest BCUT2D eigenvalue weighted by molar-refractivity contribution is -0.115. The molecule has 2 aromatic carbocycles. The summed E-state index contributed by atoms with van der Waals surface area (Å²) in [6.07, 6.45) is 0.184. The number of aryl methyl sites for hydroxylation is 2. The predicted molar refractivity (Wildman–Crippen MR) is 101 cm³/mol. The Balaban J connectivity index is 1.57. The zero-order valence-electron chi connectivity index (χ0n) is 14.7. The van der Waals surface area contributed by atoms with Gasteiger partial charge in [-0.2, -0.15) is 0 Å². The molecule has 0 saturated carbocycles. The molecular formula is C19H17N3O4S. The second-order valence-corrected chi connectivity index (χ2v) is 8.05. The highest BCUT2D eigenvalue weighted by Crippen LogP contribution is 2.28. The molecule has 1 aliphatic heterocycles. The number of fused-ring (bicyclic) bond motifs is 1. The molecule has 8 heteroatoms. The normalized spacial score (nSPS) is 13.3. The van der Waals surface area contributed by atoms with E-state index in [1.54, 1.807) is 37.3 Å². The number of rotatable bonds is 4. The van der Waals surface area contributed by atoms with Crippen LogP contribution in [0.1, 0.15) is 17.2 Å². The molecule has 138 valence electrons. The highest BCUT2D eigenvalue weighted by Gasteiger charge is 2.22. The van der Waals surface area contributed by atoms with E-state index in [9.17, 15) is 13.2 Å². The molecule has 0 unspecified atom stereocenters. The molecule has 3 aromatic rings. The highest BCUT2D eigenvalue weighted by atomic mass is 32.2. The van der Waals surface area contributed by atoms with Crippen LogP contribution in [0.25, 0.3) is 11.3 Å². The van der Waals surface area contributed by atoms with Crippen LogP contribution in [0, 0.1) is 13.8 Å². The number of anilines is 2. The second kappa shape index (κ2) is 6.24. The summed E-state index contributed by atoms with van der Waals surface area (Å²) >= 11 is 0. The minimum Gasteiger partial charge on any atom is -0.446 e. The second-order valence-electron chi connectivity index (χ2n) is 6.36. The van der Waals surface area contributed by atoms with Gasteiger partial charge in [0.25, 0.3) is 10.0 Å². The van der Waals surface area contributed by atoms with Gasteiger partial charge in [-0.05, 0) is 42.8 Å². The van der Waals surface area contributed by atoms with Crippen LogP contribution >= 0.6 is 0 Å². The first-order valence-electron chi connectivity index (χ1n) is 8.32. The molecule has 1 aliphatic rings. The Labute approximate surface area is 156 Å². The molecule has 2 heterocycles. The molecule has 2 N–H and O–H groups in total. The Morgan fingerprint density at radius 2 is 1.85 bits per heavy atom. The average molecular weight is 383 g/mol. The lowest BCUT2D eigenvalue weighted by atomic mass is 10.1. The van der Waals surface area contributed by atoms with Crippen molar-refractivity contribution >= 4 is 27.3 Å². The summed E-state index contributed by atoms with van der Waals surface area (Å²) in [7, 11) is -3.76. The molecule has 1 aromatic heterocycles. The van der Waals surface area contributed by atoms with Crippen molar-refractivity contribution in [3.05, 3.63) is 59.7 Å². The molecule has 0 bridgehead atoms. The van der Waals surface area contributed by atoms with Gasteiger partial charge < -0.3 is 9.73 Å². The van der Waals surface area contributed by atoms with Gasteiger partial charge in [0.2, 0.25) is 5.91 Å². The SMILES string of the molecule is Cc1nc(-c2ccc(NS(=O)(=O)c3ccc4c(c3)CC(=O)N4)cc2)c(C)o1. The van der Waals surface area contributed by atoms with E-state index in [-0.39, 0.29) is 17.2 Å². The van der Waals surface area contributed by atoms with Gasteiger partial charge in [0.05, 0.1) is 11.3 Å². The van der Waals surface area contributed by atoms with Crippen molar-refractivity contribution in [1.82, 2.24) is 4.98 Å². The van der Waals surface area contributed by atoms with Crippen molar-refractivity contribution in [1.29, 1.82) is 0 Å². The van der Waals surface area contributed by atoms with Gasteiger partial charge in [-0.3, -0.25) is 9.52 Å². The van der Waals surface area contributed by atoms with E-state index in [2.05, 4.69) is 15.0 Å². The van der Waals surface area contributed by atoms with E-state index in [1.807, 2.05) is 6.92 Å². The van der Waals surface area contributed by atoms with Crippen LogP contribution in [-0.4, -0.2) is 19.3 Å². The van der Waals surface area contributed by atoms with Crippen LogP contribution in [0.4, 0.5) is 11.4 Å². The van der Waals surface area contributed by atoms with Gasteiger partial charge in [-0.1, -0.05) is 12.1 Å². The minimum atomic E-state index is -3.76. The topological polar surface area (TPSA) is 101 Å². The number of hydrogen-bond acceptors (Lipinski definition) is 5. The van der Waals surface area contributed by atoms with Crippen LogP contribution < -0.4 is 10.0 Å². The lowest BCUT2D eigenvalue weighted by Crippen LogP contribution is -2.13. The number of sulfonamides is 1. The first-order valence-corrected chi connectivity index (χ1v) is 9.80. The van der Waals surface area contributed by atoms with E-state index in [0.717, 1.165) is 11.3 Å². The minimum absolute atomic E-state index is 0.116. The fourth-order valence-electron chi connectivity index (χ4n) is 3.08. The smallest absolute Gasteiger partial charge is 0.261 e. The number of carbonyl (C=O) groups is 1. The van der Waals surface area contributed by atoms with Gasteiger partial charge in [-0.25, -0.2) is 13.4 Å². The van der Waals surface area contributed by atoms with Crippen LogP contribution in [0.5, 0.6) is 0 Å². The van der Waals surface area contributed by atoms with Gasteiger partial charge in [0.1, 0.15) is 11.5 Å². The fraction of sp³-hybridized carbons (Fsp3) is 0.158. The van der Waals surface area contributed by atoms with Crippen LogP contribution in [-0.2, 0) is 21.2 Å². The maximum absolute atomic E-state index is 12.7. The van der Waals surface area contributed by atoms with Crippen molar-refractivity contribution in [3.63, 3.8) is 0 Å². The molecular weight excluding hydrogens is 366 g/mol. The average Bonchev–Trinajstić information content (AvgIpc) is 3.15. The Hall–Kier alpha value is -3.13. The van der Waals surface area contributed by atoms with Crippen molar-refractivity contribution in [2.75, 3.05) is 10.0 Å². The summed E-state index contributed by atoms with van der Waals surface area (Å²) < 4.78 is 33.3. The first-order chi connectivity index (χ1) is 12.8. The quantitative estimate of drug-likeness (QED) is 0.720. The van der Waals surface area contributed by atoms with Gasteiger partial charge in [-0.15, -0.1) is 0 Å². The van der Waals surface area contributed by atoms with Gasteiger partial charge in [0.15, 0.2) is 5.89 Å². The van der Waals surface area contributed by atoms with Crippen LogP contribution in [0.15, 0.2) is 51.8 Å². The molecule has 27 heavy (non-hydrogen) atoms. The number of carbonyl (C=O) groups excluding carboxylic acids is 1. The Morgan fingerprint density at radius 1 is 1.11 bits per heavy atom. The lowest BCUT2D eigenvalue weighted by Gasteiger charge is -2.10. The van der Waals surface area contributed by atoms with Crippen molar-refractivity contribution in [2.45, 2.75) is 25.2 Å². The zero-order chi connectivity index (χ0) is 19.2. The molecule has 7 nitrogen and oxygen atoms in total. The predicted octanol–water partition coefficient (Wildman–Crippen LogP) is 3.25. The standard InChI is InChI=1S/C19H17N3O4S/c1-11-19(20-12(2)26-11)13-3-5-15(6-4-13)22-27(24,25)16-7-8-17-14(9-16)10-18(23)21-17/h3-9,22H,10H2,1-2H3,(H,21,23). The van der Waals surface area contributed by atoms with E-state index < -0.39 is 10.0 Å². The van der Waals surface area contributed by atoms with Crippen molar-refractivity contribution in [3.8, 4) is 11.3 Å². The summed E-state index contributed by atoms with van der Waals surface area (Å²) in [5, 5.41) is 2.69. The number of benzene rings is 2. The number of aromatic nitrogens is 1. The molecule has 0 spiro atoms. The number of nitrogens with one attached hydrogen (secondary N) is 2. The summed E-state index contributed by atoms with van der Waals surface area (Å²) in [5.74, 6) is 1.15. The van der Waals surface area contributed by atoms with Gasteiger partial charge in [0, 0.05) is 23.9 Å². The van der Waals surface area contributed by atoms with Gasteiger partial charge >= 0.3 is 0 Å². The number of nitrogens with zero attached hydrogens (tertiary/aromatic N) is 1. The maximum Gasteiger partial charge on any atom is 0.261 e. The number of oxazole rings is 1. The molecule has 4 rings (SSSR count). The molecule has 0 aliphatic carbocycles. The third kappa shape index (κ3) is 3.31. The number of amides is 1. The van der Waals surface area contributed by atoms with Crippen LogP contribution in [0.2, 0.25) is 0 Å². The first kappa shape index (κ1) is 17.3. The van der Waals surface area contributed by atoms with E-state index in [0.29, 0.717) is 28.6 Å². The fourth-order valence-corrected chi connectivity index (χ4v) is 4.19. The summed E-state index contributed by atoms with van der Waals surface area (Å²) in [6.45, 7) is 3.61. The molecule has 0 radical (unpaired) electrons. The van der Waals surface area contributed by atoms with Crippen molar-refractivity contribution < 1.29 is 17.6 Å². The maximum atomic E-state index is 12.7. The van der Waals surface area contributed by atoms with Crippen LogP contribution in [0.3, 0.4) is 0 Å². The third-order valence-corrected chi connectivity index (χ3v) is 5.71. The zero-order valence-corrected chi connectivity index (χ0v) is 15.6. The highest BCUT2D eigenvalue weighted by molar-refractivity contribution is 7.92. The largest absolute Gasteiger partial charge is 0.446 e. The Bertz CT molecular complexity index is 1150. The molecule has 1 amide bonds. The van der Waals surface area contributed by atoms with E-state index in [4.69, 9.17) is 4.42 Å². The Morgan fingerprint density at radius 3 is 2.52 bits per heavy atom. The molecule has 0 atom stereocenters. The summed E-state index contributed by atoms with van der Waals surface area (Å²) in [4.78, 5) is 15.9. The summed E-state index contributed by atoms with van der Waals surface area (Å²) in [5.41, 5.74) is 3.34. The number of hydrogen-bond donors (Lipinski definition) is 2. The van der Waals surface area contributed by atoms with Crippen molar-refractivity contribution in [2.24, 2.45) is 0 Å². The molecule has 0 fully saturated rings. The molecule has 0 saturated heterocycles. The van der Waals surface area contributed by atoms with E-state index >= 15 is 0 Å². The Kier molecular flexibility index (Phi) is 4.00.